The third kappa shape index (κ3) is 18.3. The van der Waals surface area contributed by atoms with E-state index in [4.69, 9.17) is 22.3 Å². The van der Waals surface area contributed by atoms with Crippen LogP contribution in [0, 0.1) is 10.8 Å². The summed E-state index contributed by atoms with van der Waals surface area (Å²) in [5.74, 6) is 6.98. The molecular formula is C42H50N10O6S4. The first-order chi connectivity index (χ1) is 29.5. The van der Waals surface area contributed by atoms with Crippen molar-refractivity contribution in [2.75, 3.05) is 67.6 Å². The normalized spacial score (nSPS) is 15.0. The number of carbonyl (C=O) groups excluding carboxylic acids is 6. The number of ketones is 6. The molecule has 0 radical (unpaired) electrons. The maximum Gasteiger partial charge on any atom is 0.225 e. The minimum absolute atomic E-state index is 0.0752. The number of amidine groups is 1. The molecule has 0 amide bonds. The summed E-state index contributed by atoms with van der Waals surface area (Å²) in [7, 11) is 7.23. The van der Waals surface area contributed by atoms with E-state index >= 15 is 0 Å². The zero-order valence-corrected chi connectivity index (χ0v) is 38.2. The van der Waals surface area contributed by atoms with Crippen molar-refractivity contribution in [1.29, 1.82) is 10.8 Å². The molecule has 0 aliphatic carbocycles. The summed E-state index contributed by atoms with van der Waals surface area (Å²) in [5.41, 5.74) is 15.0. The Balaban J connectivity index is 0.000000206. The van der Waals surface area contributed by atoms with Crippen LogP contribution in [0.1, 0.15) is 50.5 Å². The summed E-state index contributed by atoms with van der Waals surface area (Å²) in [6.07, 6.45) is 3.65. The van der Waals surface area contributed by atoms with Crippen LogP contribution in [0.4, 0.5) is 5.95 Å². The van der Waals surface area contributed by atoms with Crippen LogP contribution in [0.5, 0.6) is 0 Å². The number of hydrogen-bond acceptors (Lipinski definition) is 17. The topological polar surface area (TPSA) is 260 Å². The molecule has 2 saturated heterocycles. The summed E-state index contributed by atoms with van der Waals surface area (Å²) in [6, 6.07) is 19.0. The average Bonchev–Trinajstić information content (AvgIpc) is 3.25. The zero-order valence-electron chi connectivity index (χ0n) is 34.9. The molecule has 0 saturated carbocycles. The molecule has 328 valence electrons. The Morgan fingerprint density at radius 2 is 0.968 bits per heavy atom. The highest BCUT2D eigenvalue weighted by Crippen LogP contribution is 2.25. The zero-order chi connectivity index (χ0) is 45.6. The highest BCUT2D eigenvalue weighted by molar-refractivity contribution is 8.01. The van der Waals surface area contributed by atoms with E-state index in [1.807, 2.05) is 79.7 Å². The smallest absolute Gasteiger partial charge is 0.225 e. The van der Waals surface area contributed by atoms with Gasteiger partial charge in [0, 0.05) is 63.2 Å². The fourth-order valence-corrected chi connectivity index (χ4v) is 8.14. The number of nitrogens with zero attached hydrogens (tertiary/aromatic N) is 6. The lowest BCUT2D eigenvalue weighted by Crippen LogP contribution is -2.28. The van der Waals surface area contributed by atoms with Gasteiger partial charge in [0.2, 0.25) is 5.95 Å². The standard InChI is InChI=1S/C13H10N2OS.C9H11N3OS.C7H8N2.2C5H6O2S.C3H9N3/c16-12-8-17-7-11-10(12)6-14-13(15-11)9-4-2-1-3-5-9;1-12(2)9-10-3-6-7(11-9)4-14-5-8(6)13;8-7(9)6-4-2-1-3-5-6;2*6-4-1-5(7)3-8-2-4;1-6(2)3(4)5/h1-6H,7-8H2;3H,4-5H2,1-2H3;1-5H,(H3,8,9);2*1-3H2;1-2H3,(H3,4,5). The molecule has 8 rings (SSSR count). The number of carbonyl (C=O) groups is 6. The fraction of sp³-hybridized carbons (Fsp3) is 0.333. The summed E-state index contributed by atoms with van der Waals surface area (Å²) in [5, 5.41) is 13.7. The van der Waals surface area contributed by atoms with E-state index < -0.39 is 0 Å². The van der Waals surface area contributed by atoms with E-state index in [1.54, 1.807) is 50.0 Å². The van der Waals surface area contributed by atoms with Crippen molar-refractivity contribution in [3.63, 3.8) is 0 Å². The lowest BCUT2D eigenvalue weighted by atomic mass is 10.1. The number of rotatable bonds is 3. The van der Waals surface area contributed by atoms with E-state index in [-0.39, 0.29) is 59.3 Å². The average molecular weight is 919 g/mol. The van der Waals surface area contributed by atoms with Gasteiger partial charge in [0.15, 0.2) is 23.4 Å². The van der Waals surface area contributed by atoms with Crippen molar-refractivity contribution >= 4 is 99.5 Å². The molecule has 62 heavy (non-hydrogen) atoms. The predicted octanol–water partition coefficient (Wildman–Crippen LogP) is 4.48. The molecule has 6 N–H and O–H groups in total. The number of guanidine groups is 1. The Hall–Kier alpha value is -5.44. The van der Waals surface area contributed by atoms with Crippen LogP contribution in [-0.2, 0) is 30.7 Å². The molecule has 0 spiro atoms. The highest BCUT2D eigenvalue weighted by atomic mass is 32.2. The van der Waals surface area contributed by atoms with Crippen LogP contribution in [-0.4, -0.2) is 134 Å². The van der Waals surface area contributed by atoms with Gasteiger partial charge < -0.3 is 21.3 Å². The van der Waals surface area contributed by atoms with Crippen LogP contribution >= 0.6 is 47.0 Å². The largest absolute Gasteiger partial charge is 0.384 e. The number of nitrogens with one attached hydrogen (secondary N) is 2. The Kier molecular flexibility index (Phi) is 22.0. The Morgan fingerprint density at radius 1 is 0.565 bits per heavy atom. The fourth-order valence-electron chi connectivity index (χ4n) is 4.91. The second-order valence-electron chi connectivity index (χ2n) is 13.7. The van der Waals surface area contributed by atoms with Gasteiger partial charge in [-0.15, -0.1) is 47.0 Å². The molecule has 20 heteroatoms. The minimum Gasteiger partial charge on any atom is -0.384 e. The molecule has 6 heterocycles. The van der Waals surface area contributed by atoms with Gasteiger partial charge in [-0.05, 0) is 0 Å². The van der Waals surface area contributed by atoms with Crippen molar-refractivity contribution in [1.82, 2.24) is 24.8 Å². The summed E-state index contributed by atoms with van der Waals surface area (Å²) in [6.45, 7) is 0. The maximum atomic E-state index is 11.6. The van der Waals surface area contributed by atoms with Gasteiger partial charge in [-0.2, -0.15) is 0 Å². The van der Waals surface area contributed by atoms with Crippen LogP contribution in [0.3, 0.4) is 0 Å². The maximum absolute atomic E-state index is 11.6. The molecule has 0 atom stereocenters. The molecule has 2 aromatic carbocycles. The molecule has 2 aromatic heterocycles. The van der Waals surface area contributed by atoms with Crippen LogP contribution in [0.2, 0.25) is 0 Å². The molecule has 0 unspecified atom stereocenters. The monoisotopic (exact) mass is 918 g/mol. The second-order valence-corrected chi connectivity index (χ2v) is 17.7. The quantitative estimate of drug-likeness (QED) is 0.125. The molecular weight excluding hydrogens is 869 g/mol. The minimum atomic E-state index is 0.0752. The van der Waals surface area contributed by atoms with Crippen molar-refractivity contribution < 1.29 is 28.8 Å². The number of fused-ring (bicyclic) bond motifs is 2. The van der Waals surface area contributed by atoms with E-state index in [0.717, 1.165) is 34.0 Å². The van der Waals surface area contributed by atoms with Crippen LogP contribution in [0.25, 0.3) is 11.4 Å². The van der Waals surface area contributed by atoms with Gasteiger partial charge in [0.05, 0.1) is 69.9 Å². The molecule has 4 aliphatic heterocycles. The van der Waals surface area contributed by atoms with Gasteiger partial charge in [-0.1, -0.05) is 60.7 Å². The number of Topliss-reactive ketones (excluding diaryl/α,β-unsaturated/α-hetero) is 6. The number of aromatic nitrogens is 4. The first kappa shape index (κ1) is 50.9. The van der Waals surface area contributed by atoms with E-state index in [2.05, 4.69) is 19.9 Å². The van der Waals surface area contributed by atoms with Gasteiger partial charge in [0.1, 0.15) is 29.0 Å². The number of anilines is 1. The lowest BCUT2D eigenvalue weighted by molar-refractivity contribution is -0.126. The second kappa shape index (κ2) is 26.8. The molecule has 2 fully saturated rings. The first-order valence-electron chi connectivity index (χ1n) is 18.8. The van der Waals surface area contributed by atoms with Crippen LogP contribution in [0.15, 0.2) is 73.1 Å². The van der Waals surface area contributed by atoms with Crippen molar-refractivity contribution in [2.24, 2.45) is 11.5 Å². The van der Waals surface area contributed by atoms with Gasteiger partial charge >= 0.3 is 0 Å². The third-order valence-electron chi connectivity index (χ3n) is 8.11. The molecule has 4 aliphatic rings. The number of thioether (sulfide) groups is 4. The summed E-state index contributed by atoms with van der Waals surface area (Å²) >= 11 is 6.04. The van der Waals surface area contributed by atoms with Crippen molar-refractivity contribution in [3.8, 4) is 11.4 Å². The van der Waals surface area contributed by atoms with Gasteiger partial charge in [-0.25, -0.2) is 19.9 Å². The Morgan fingerprint density at radius 3 is 1.34 bits per heavy atom. The van der Waals surface area contributed by atoms with Gasteiger partial charge in [0.25, 0.3) is 0 Å². The number of benzene rings is 2. The number of nitrogens with two attached hydrogens (primary N) is 2. The predicted molar refractivity (Wildman–Crippen MR) is 252 cm³/mol. The third-order valence-corrected chi connectivity index (χ3v) is 12.1. The molecule has 4 aromatic rings. The Labute approximate surface area is 378 Å². The first-order valence-corrected chi connectivity index (χ1v) is 23.5. The van der Waals surface area contributed by atoms with E-state index in [9.17, 15) is 28.8 Å². The molecule has 0 bridgehead atoms. The Bertz CT molecular complexity index is 2150. The number of hydrogen-bond donors (Lipinski definition) is 4. The molecule has 16 nitrogen and oxygen atoms in total. The van der Waals surface area contributed by atoms with Gasteiger partial charge in [-0.3, -0.25) is 39.6 Å². The SMILES string of the molecule is CN(C)C(=N)N.CN(C)c1ncc2c(n1)CSCC2=O.N=C(N)c1ccccc1.O=C1CSCC(=O)C1.O=C1CSCC(=O)C1.O=C1CSCc2nc(-c3ccccc3)ncc21. The lowest BCUT2D eigenvalue weighted by Gasteiger charge is -2.16. The van der Waals surface area contributed by atoms with Crippen LogP contribution < -0.4 is 16.4 Å². The van der Waals surface area contributed by atoms with Crippen molar-refractivity contribution in [3.05, 3.63) is 101 Å². The number of nitrogen functional groups attached to an aromatic ring is 1. The van der Waals surface area contributed by atoms with E-state index in [0.29, 0.717) is 57.4 Å². The van der Waals surface area contributed by atoms with Crippen molar-refractivity contribution in [2.45, 2.75) is 24.3 Å². The highest BCUT2D eigenvalue weighted by Gasteiger charge is 2.21. The van der Waals surface area contributed by atoms with E-state index in [1.165, 1.54) is 28.4 Å². The summed E-state index contributed by atoms with van der Waals surface area (Å²) < 4.78 is 0. The summed E-state index contributed by atoms with van der Waals surface area (Å²) in [4.78, 5) is 85.4.